The van der Waals surface area contributed by atoms with E-state index in [1.807, 2.05) is 0 Å². The third-order valence-corrected chi connectivity index (χ3v) is 3.62. The lowest BCUT2D eigenvalue weighted by molar-refractivity contribution is 0.441. The molecule has 0 saturated heterocycles. The molecule has 0 fully saturated rings. The molecule has 0 aromatic carbocycles. The van der Waals surface area contributed by atoms with Crippen molar-refractivity contribution in [2.75, 3.05) is 19.8 Å². The Morgan fingerprint density at radius 1 is 1.00 bits per heavy atom. The smallest absolute Gasteiger partial charge is 0.254 e. The first-order valence-electron chi connectivity index (χ1n) is 5.96. The predicted octanol–water partition coefficient (Wildman–Crippen LogP) is 3.74. The summed E-state index contributed by atoms with van der Waals surface area (Å²) in [6.45, 7) is 11.5. The van der Waals surface area contributed by atoms with Crippen LogP contribution in [0.4, 0.5) is 0 Å². The molecule has 0 aliphatic rings. The second kappa shape index (κ2) is 9.30. The van der Waals surface area contributed by atoms with E-state index < -0.39 is 0 Å². The molecule has 0 aliphatic carbocycles. The fourth-order valence-corrected chi connectivity index (χ4v) is 1.61. The molecular formula is C13H24N2OSi. The van der Waals surface area contributed by atoms with Crippen LogP contribution in [0.5, 0.6) is 0 Å². The maximum atomic E-state index is 4.94. The molecule has 0 unspecified atom stereocenters. The average molecular weight is 252 g/mol. The van der Waals surface area contributed by atoms with Crippen molar-refractivity contribution in [1.29, 1.82) is 0 Å². The van der Waals surface area contributed by atoms with E-state index in [2.05, 4.69) is 44.8 Å². The highest BCUT2D eigenvalue weighted by molar-refractivity contribution is 6.27. The normalized spacial score (nSPS) is 14.9. The molecule has 0 atom stereocenters. The second-order valence-corrected chi connectivity index (χ2v) is 5.12. The van der Waals surface area contributed by atoms with Crippen LogP contribution >= 0.6 is 0 Å². The van der Waals surface area contributed by atoms with Crippen molar-refractivity contribution in [3.05, 3.63) is 22.3 Å². The van der Waals surface area contributed by atoms with Crippen LogP contribution in [0, 0.1) is 0 Å². The first kappa shape index (κ1) is 16.3. The van der Waals surface area contributed by atoms with E-state index in [4.69, 9.17) is 4.43 Å². The lowest BCUT2D eigenvalue weighted by Gasteiger charge is -2.09. The Bertz CT molecular complexity index is 319. The minimum absolute atomic E-state index is 0.418. The van der Waals surface area contributed by atoms with Gasteiger partial charge in [0.25, 0.3) is 9.76 Å². The van der Waals surface area contributed by atoms with Gasteiger partial charge in [-0.15, -0.1) is 0 Å². The molecule has 0 bridgehead atoms. The first-order valence-corrected chi connectivity index (χ1v) is 7.08. The van der Waals surface area contributed by atoms with E-state index >= 15 is 0 Å². The highest BCUT2D eigenvalue weighted by Gasteiger charge is 2.01. The van der Waals surface area contributed by atoms with Gasteiger partial charge in [-0.1, -0.05) is 12.5 Å². The Labute approximate surface area is 108 Å². The Morgan fingerprint density at radius 3 is 2.12 bits per heavy atom. The van der Waals surface area contributed by atoms with Gasteiger partial charge in [-0.05, 0) is 50.8 Å². The molecule has 0 saturated carbocycles. The highest BCUT2D eigenvalue weighted by Crippen LogP contribution is 2.19. The van der Waals surface area contributed by atoms with Gasteiger partial charge >= 0.3 is 0 Å². The number of nitrogens with zero attached hydrogens (tertiary/aromatic N) is 2. The molecule has 0 aromatic heterocycles. The zero-order valence-electron chi connectivity index (χ0n) is 11.9. The standard InChI is InChI=1S/C13H24N2OSi/c1-7-10(2)12(4)13(5)11(3)8-14-15-9-17-16-6/h7-9H2,1-6H3. The number of hydrogen-bond donors (Lipinski definition) is 0. The van der Waals surface area contributed by atoms with E-state index in [1.54, 1.807) is 7.11 Å². The summed E-state index contributed by atoms with van der Waals surface area (Å²) in [6, 6.07) is 0. The third kappa shape index (κ3) is 6.53. The summed E-state index contributed by atoms with van der Waals surface area (Å²) in [5.41, 5.74) is 5.47. The first-order chi connectivity index (χ1) is 8.04. The molecule has 3 nitrogen and oxygen atoms in total. The molecule has 17 heavy (non-hydrogen) atoms. The van der Waals surface area contributed by atoms with Gasteiger partial charge in [-0.3, -0.25) is 0 Å². The van der Waals surface area contributed by atoms with Crippen LogP contribution in [-0.4, -0.2) is 29.6 Å². The van der Waals surface area contributed by atoms with E-state index in [1.165, 1.54) is 22.3 Å². The number of hydrogen-bond acceptors (Lipinski definition) is 3. The lowest BCUT2D eigenvalue weighted by Crippen LogP contribution is -1.98. The molecule has 0 spiro atoms. The van der Waals surface area contributed by atoms with E-state index in [0.717, 1.165) is 6.42 Å². The van der Waals surface area contributed by atoms with Crippen molar-refractivity contribution in [3.8, 4) is 0 Å². The minimum Gasteiger partial charge on any atom is -0.419 e. The molecule has 0 aromatic rings. The molecule has 0 rings (SSSR count). The second-order valence-electron chi connectivity index (χ2n) is 4.11. The summed E-state index contributed by atoms with van der Waals surface area (Å²) < 4.78 is 4.94. The summed E-state index contributed by atoms with van der Waals surface area (Å²) in [7, 11) is 2.10. The average Bonchev–Trinajstić information content (AvgIpc) is 2.35. The fraction of sp³-hybridized carbons (Fsp3) is 0.692. The van der Waals surface area contributed by atoms with Crippen LogP contribution in [0.15, 0.2) is 32.5 Å². The van der Waals surface area contributed by atoms with Gasteiger partial charge in [0.05, 0.1) is 12.7 Å². The van der Waals surface area contributed by atoms with E-state index in [9.17, 15) is 0 Å². The van der Waals surface area contributed by atoms with Gasteiger partial charge in [0, 0.05) is 7.11 Å². The largest absolute Gasteiger partial charge is 0.419 e. The Morgan fingerprint density at radius 2 is 1.59 bits per heavy atom. The van der Waals surface area contributed by atoms with Gasteiger partial charge in [0.15, 0.2) is 0 Å². The zero-order valence-corrected chi connectivity index (χ0v) is 12.9. The summed E-state index contributed by atoms with van der Waals surface area (Å²) in [5, 5.41) is 8.24. The predicted molar refractivity (Wildman–Crippen MR) is 74.4 cm³/mol. The minimum atomic E-state index is 0.418. The van der Waals surface area contributed by atoms with Crippen molar-refractivity contribution in [1.82, 2.24) is 0 Å². The van der Waals surface area contributed by atoms with Crippen molar-refractivity contribution in [2.45, 2.75) is 41.0 Å². The summed E-state index contributed by atoms with van der Waals surface area (Å²) in [6.07, 6.45) is 1.78. The molecule has 0 aliphatic heterocycles. The molecule has 96 valence electrons. The maximum Gasteiger partial charge on any atom is 0.254 e. The Kier molecular flexibility index (Phi) is 8.90. The topological polar surface area (TPSA) is 34.0 Å². The molecule has 2 radical (unpaired) electrons. The van der Waals surface area contributed by atoms with Crippen molar-refractivity contribution < 1.29 is 4.43 Å². The van der Waals surface area contributed by atoms with Crippen LogP contribution in [0.3, 0.4) is 0 Å². The Balaban J connectivity index is 4.46. The number of rotatable bonds is 7. The summed E-state index contributed by atoms with van der Waals surface area (Å²) in [4.78, 5) is 0. The Hall–Kier alpha value is -0.743. The molecule has 0 N–H and O–H groups in total. The van der Waals surface area contributed by atoms with Crippen LogP contribution < -0.4 is 0 Å². The molecule has 0 heterocycles. The maximum absolute atomic E-state index is 4.94. The van der Waals surface area contributed by atoms with Crippen LogP contribution in [0.1, 0.15) is 41.0 Å². The van der Waals surface area contributed by atoms with Crippen molar-refractivity contribution in [2.24, 2.45) is 10.2 Å². The molecular weight excluding hydrogens is 228 g/mol. The van der Waals surface area contributed by atoms with E-state index in [-0.39, 0.29) is 0 Å². The molecule has 4 heteroatoms. The third-order valence-electron chi connectivity index (χ3n) is 3.06. The summed E-state index contributed by atoms with van der Waals surface area (Å²) in [5.74, 6) is 0. The van der Waals surface area contributed by atoms with Crippen LogP contribution in [0.2, 0.25) is 0 Å². The van der Waals surface area contributed by atoms with Gasteiger partial charge in [0.1, 0.15) is 0 Å². The van der Waals surface area contributed by atoms with E-state index in [0.29, 0.717) is 22.5 Å². The summed E-state index contributed by atoms with van der Waals surface area (Å²) >= 11 is 0. The van der Waals surface area contributed by atoms with Crippen molar-refractivity contribution >= 4 is 9.76 Å². The monoisotopic (exact) mass is 252 g/mol. The van der Waals surface area contributed by atoms with Crippen LogP contribution in [-0.2, 0) is 4.43 Å². The zero-order chi connectivity index (χ0) is 13.3. The lowest BCUT2D eigenvalue weighted by atomic mass is 9.98. The number of azo groups is 1. The van der Waals surface area contributed by atoms with Gasteiger partial charge in [-0.25, -0.2) is 0 Å². The van der Waals surface area contributed by atoms with Crippen molar-refractivity contribution in [3.63, 3.8) is 0 Å². The van der Waals surface area contributed by atoms with Gasteiger partial charge in [-0.2, -0.15) is 10.2 Å². The molecule has 0 amide bonds. The SMILES string of the molecule is CCC(C)=C(C)C(C)=C(C)CN=NC[Si]OC. The van der Waals surface area contributed by atoms with Gasteiger partial charge in [0.2, 0.25) is 0 Å². The fourth-order valence-electron chi connectivity index (χ4n) is 1.32. The highest BCUT2D eigenvalue weighted by atomic mass is 28.2. The van der Waals surface area contributed by atoms with Gasteiger partial charge < -0.3 is 4.43 Å². The quantitative estimate of drug-likeness (QED) is 0.294. The van der Waals surface area contributed by atoms with Crippen LogP contribution in [0.25, 0.3) is 0 Å². The number of allylic oxidation sites excluding steroid dienone is 3.